The molecule has 0 spiro atoms. The van der Waals surface area contributed by atoms with Crippen LogP contribution in [0.15, 0.2) is 60.7 Å². The fraction of sp³-hybridized carbons (Fsp3) is 0.333. The van der Waals surface area contributed by atoms with E-state index in [1.807, 2.05) is 12.1 Å². The predicted octanol–water partition coefficient (Wildman–Crippen LogP) is -0.576. The van der Waals surface area contributed by atoms with E-state index in [2.05, 4.69) is 48.5 Å². The van der Waals surface area contributed by atoms with Gasteiger partial charge in [-0.2, -0.15) is 0 Å². The second kappa shape index (κ2) is 9.97. The maximum atomic E-state index is 9.32. The first-order valence-electron chi connectivity index (χ1n) is 7.53. The molecule has 0 fully saturated rings. The van der Waals surface area contributed by atoms with Gasteiger partial charge in [-0.3, -0.25) is 0 Å². The van der Waals surface area contributed by atoms with E-state index in [4.69, 9.17) is 0 Å². The Bertz CT molecular complexity index is 470. The van der Waals surface area contributed by atoms with Gasteiger partial charge in [0.1, 0.15) is 0 Å². The topological polar surface area (TPSA) is 40.5 Å². The lowest BCUT2D eigenvalue weighted by Crippen LogP contribution is -3.00. The van der Waals surface area contributed by atoms with Gasteiger partial charge in [0.25, 0.3) is 0 Å². The number of aliphatic hydroxyl groups excluding tert-OH is 2. The van der Waals surface area contributed by atoms with Gasteiger partial charge in [-0.05, 0) is 24.3 Å². The van der Waals surface area contributed by atoms with Gasteiger partial charge in [0.05, 0.1) is 30.2 Å². The summed E-state index contributed by atoms with van der Waals surface area (Å²) in [4.78, 5) is 0. The molecule has 2 nitrogen and oxygen atoms in total. The molecular weight excluding hydrogens is 315 g/mol. The first kappa shape index (κ1) is 19.1. The summed E-state index contributed by atoms with van der Waals surface area (Å²) in [5.74, 6) is 0. The molecule has 120 valence electrons. The Morgan fingerprint density at radius 1 is 0.636 bits per heavy atom. The summed E-state index contributed by atoms with van der Waals surface area (Å²) < 4.78 is 0. The van der Waals surface area contributed by atoms with Crippen LogP contribution in [-0.4, -0.2) is 35.8 Å². The molecule has 22 heavy (non-hydrogen) atoms. The second-order valence-corrected chi connectivity index (χ2v) is 9.10. The average molecular weight is 339 g/mol. The second-order valence-electron chi connectivity index (χ2n) is 5.24. The normalized spacial score (nSPS) is 11.0. The molecular formula is C18H24ClO2P. The summed E-state index contributed by atoms with van der Waals surface area (Å²) in [6, 6.07) is 21.3. The van der Waals surface area contributed by atoms with Crippen molar-refractivity contribution in [2.75, 3.05) is 25.5 Å². The van der Waals surface area contributed by atoms with Gasteiger partial charge in [-0.15, -0.1) is 0 Å². The Hall–Kier alpha value is -0.920. The molecule has 0 amide bonds. The molecule has 0 aliphatic carbocycles. The summed E-state index contributed by atoms with van der Waals surface area (Å²) in [5, 5.41) is 21.4. The van der Waals surface area contributed by atoms with E-state index in [1.165, 1.54) is 10.6 Å². The molecule has 0 aliphatic rings. The van der Waals surface area contributed by atoms with E-state index in [9.17, 15) is 10.2 Å². The predicted molar refractivity (Wildman–Crippen MR) is 92.2 cm³/mol. The number of rotatable bonds is 8. The summed E-state index contributed by atoms with van der Waals surface area (Å²) >= 11 is 0. The van der Waals surface area contributed by atoms with Gasteiger partial charge in [-0.25, -0.2) is 0 Å². The van der Waals surface area contributed by atoms with E-state index in [0.29, 0.717) is 0 Å². The molecule has 0 unspecified atom stereocenters. The molecule has 2 aromatic carbocycles. The van der Waals surface area contributed by atoms with Crippen molar-refractivity contribution in [1.29, 1.82) is 0 Å². The highest BCUT2D eigenvalue weighted by Gasteiger charge is 2.41. The van der Waals surface area contributed by atoms with E-state index in [1.54, 1.807) is 0 Å². The van der Waals surface area contributed by atoms with E-state index >= 15 is 0 Å². The van der Waals surface area contributed by atoms with Crippen LogP contribution < -0.4 is 23.0 Å². The summed E-state index contributed by atoms with van der Waals surface area (Å²) in [7, 11) is -1.55. The van der Waals surface area contributed by atoms with Crippen LogP contribution in [0.25, 0.3) is 0 Å². The van der Waals surface area contributed by atoms with Crippen LogP contribution in [0.3, 0.4) is 0 Å². The van der Waals surface area contributed by atoms with Gasteiger partial charge in [-0.1, -0.05) is 36.4 Å². The third-order valence-corrected chi connectivity index (χ3v) is 8.63. The van der Waals surface area contributed by atoms with E-state index < -0.39 is 7.26 Å². The van der Waals surface area contributed by atoms with Crippen LogP contribution in [0.2, 0.25) is 0 Å². The van der Waals surface area contributed by atoms with E-state index in [0.717, 1.165) is 25.2 Å². The van der Waals surface area contributed by atoms with Gasteiger partial charge in [0, 0.05) is 26.1 Å². The summed E-state index contributed by atoms with van der Waals surface area (Å²) in [6.45, 7) is 0.446. The first-order valence-corrected chi connectivity index (χ1v) is 9.69. The lowest BCUT2D eigenvalue weighted by Gasteiger charge is -2.27. The number of hydrogen-bond donors (Lipinski definition) is 2. The van der Waals surface area contributed by atoms with Crippen LogP contribution in [0.1, 0.15) is 12.8 Å². The minimum absolute atomic E-state index is 0. The van der Waals surface area contributed by atoms with Crippen molar-refractivity contribution in [1.82, 2.24) is 0 Å². The lowest BCUT2D eigenvalue weighted by atomic mass is 10.4. The fourth-order valence-corrected chi connectivity index (χ4v) is 7.29. The Morgan fingerprint density at radius 2 is 1.00 bits per heavy atom. The largest absolute Gasteiger partial charge is 1.00 e. The first-order chi connectivity index (χ1) is 10.3. The van der Waals surface area contributed by atoms with Crippen molar-refractivity contribution in [2.45, 2.75) is 12.8 Å². The number of benzene rings is 2. The van der Waals surface area contributed by atoms with Crippen LogP contribution in [-0.2, 0) is 0 Å². The molecule has 2 aromatic rings. The van der Waals surface area contributed by atoms with Gasteiger partial charge in [0.2, 0.25) is 0 Å². The standard InChI is InChI=1S/C18H24O2P.ClH/c19-13-7-15-21(16-8-14-20,17-9-3-1-4-10-17)18-11-5-2-6-12-18;/h1-6,9-12,19-20H,7-8,13-16H2;1H/q+1;/p-1. The van der Waals surface area contributed by atoms with Crippen LogP contribution in [0, 0.1) is 0 Å². The van der Waals surface area contributed by atoms with E-state index in [-0.39, 0.29) is 25.6 Å². The SMILES string of the molecule is OCCC[P+](CCCO)(c1ccccc1)c1ccccc1.[Cl-]. The van der Waals surface area contributed by atoms with Gasteiger partial charge < -0.3 is 22.6 Å². The molecule has 0 heterocycles. The molecule has 0 aromatic heterocycles. The van der Waals surface area contributed by atoms with Crippen molar-refractivity contribution in [3.05, 3.63) is 60.7 Å². The average Bonchev–Trinajstić information content (AvgIpc) is 2.57. The molecule has 2 rings (SSSR count). The zero-order valence-electron chi connectivity index (χ0n) is 12.7. The zero-order chi connectivity index (χ0) is 15.0. The van der Waals surface area contributed by atoms with Crippen LogP contribution >= 0.6 is 7.26 Å². The minimum Gasteiger partial charge on any atom is -1.00 e. The maximum Gasteiger partial charge on any atom is 0.0991 e. The fourth-order valence-electron chi connectivity index (χ4n) is 2.89. The van der Waals surface area contributed by atoms with Crippen molar-refractivity contribution < 1.29 is 22.6 Å². The van der Waals surface area contributed by atoms with Crippen LogP contribution in [0.5, 0.6) is 0 Å². The maximum absolute atomic E-state index is 9.32. The lowest BCUT2D eigenvalue weighted by molar-refractivity contribution is -0.00000637. The Labute approximate surface area is 140 Å². The zero-order valence-corrected chi connectivity index (χ0v) is 14.4. The molecule has 0 aliphatic heterocycles. The number of halogens is 1. The highest BCUT2D eigenvalue weighted by Crippen LogP contribution is 2.57. The Kier molecular flexibility index (Phi) is 8.67. The van der Waals surface area contributed by atoms with Gasteiger partial charge >= 0.3 is 0 Å². The molecule has 0 bridgehead atoms. The third-order valence-electron chi connectivity index (χ3n) is 3.90. The molecule has 2 N–H and O–H groups in total. The van der Waals surface area contributed by atoms with Crippen molar-refractivity contribution in [3.63, 3.8) is 0 Å². The smallest absolute Gasteiger partial charge is 0.0991 e. The minimum atomic E-state index is -1.55. The number of hydrogen-bond acceptors (Lipinski definition) is 2. The highest BCUT2D eigenvalue weighted by molar-refractivity contribution is 7.89. The van der Waals surface area contributed by atoms with Crippen molar-refractivity contribution >= 4 is 17.9 Å². The highest BCUT2D eigenvalue weighted by atomic mass is 35.5. The third kappa shape index (κ3) is 4.54. The molecule has 4 heteroatoms. The quantitative estimate of drug-likeness (QED) is 0.633. The molecule has 0 radical (unpaired) electrons. The summed E-state index contributed by atoms with van der Waals surface area (Å²) in [5.41, 5.74) is 0. The van der Waals surface area contributed by atoms with Crippen LogP contribution in [0.4, 0.5) is 0 Å². The molecule has 0 atom stereocenters. The Balaban J connectivity index is 0.00000242. The number of aliphatic hydroxyl groups is 2. The van der Waals surface area contributed by atoms with Gasteiger partial charge in [0.15, 0.2) is 0 Å². The Morgan fingerprint density at radius 3 is 1.32 bits per heavy atom. The molecule has 0 saturated carbocycles. The molecule has 0 saturated heterocycles. The van der Waals surface area contributed by atoms with Crippen molar-refractivity contribution in [2.24, 2.45) is 0 Å². The monoisotopic (exact) mass is 338 g/mol. The summed E-state index contributed by atoms with van der Waals surface area (Å²) in [6.07, 6.45) is 3.61. The van der Waals surface area contributed by atoms with Crippen molar-refractivity contribution in [3.8, 4) is 0 Å².